The molecule has 2 heterocycles. The Bertz CT molecular complexity index is 783. The minimum atomic E-state index is 0. The first-order chi connectivity index (χ1) is 12.2. The minimum absolute atomic E-state index is 0. The highest BCUT2D eigenvalue weighted by Crippen LogP contribution is 2.12. The molecule has 0 saturated carbocycles. The molecule has 3 rings (SSSR count). The lowest BCUT2D eigenvalue weighted by atomic mass is 10.1. The molecule has 140 valence electrons. The predicted octanol–water partition coefficient (Wildman–Crippen LogP) is 4.09. The zero-order valence-corrected chi connectivity index (χ0v) is 18.3. The molecule has 0 aliphatic heterocycles. The summed E-state index contributed by atoms with van der Waals surface area (Å²) in [6, 6.07) is 10.9. The predicted molar refractivity (Wildman–Crippen MR) is 121 cm³/mol. The number of halogens is 1. The largest absolute Gasteiger partial charge is 0.357 e. The molecule has 2 aromatic heterocycles. The van der Waals surface area contributed by atoms with Gasteiger partial charge >= 0.3 is 0 Å². The van der Waals surface area contributed by atoms with Crippen molar-refractivity contribution in [2.24, 2.45) is 4.99 Å². The Labute approximate surface area is 176 Å². The van der Waals surface area contributed by atoms with E-state index < -0.39 is 0 Å². The summed E-state index contributed by atoms with van der Waals surface area (Å²) in [4.78, 5) is 10.3. The number of aryl methyl sites for hydroxylation is 1. The van der Waals surface area contributed by atoms with Gasteiger partial charge in [0.25, 0.3) is 0 Å². The molecular weight excluding hydrogens is 457 g/mol. The molecule has 0 bridgehead atoms. The van der Waals surface area contributed by atoms with E-state index in [9.17, 15) is 0 Å². The van der Waals surface area contributed by atoms with Gasteiger partial charge in [-0.1, -0.05) is 30.3 Å². The molecule has 1 unspecified atom stereocenters. The SMILES string of the molecule is CCNC(=NCc1cn2ccsc2n1)NC(C)CCc1ccccc1.I. The Morgan fingerprint density at radius 3 is 2.85 bits per heavy atom. The Balaban J connectivity index is 0.00000243. The molecule has 26 heavy (non-hydrogen) atoms. The number of aromatic nitrogens is 2. The standard InChI is InChI=1S/C19H25N5S.HI/c1-3-20-18(21-13-17-14-24-11-12-25-19(24)23-17)22-15(2)9-10-16-7-5-4-6-8-16;/h4-8,11-12,14-15H,3,9-10,13H2,1-2H3,(H2,20,21,22);1H. The fourth-order valence-corrected chi connectivity index (χ4v) is 3.38. The molecule has 7 heteroatoms. The van der Waals surface area contributed by atoms with Gasteiger partial charge in [-0.2, -0.15) is 0 Å². The first kappa shape index (κ1) is 20.7. The quantitative estimate of drug-likeness (QED) is 0.303. The van der Waals surface area contributed by atoms with Gasteiger partial charge < -0.3 is 10.6 Å². The number of hydrogen-bond donors (Lipinski definition) is 2. The maximum absolute atomic E-state index is 4.68. The first-order valence-electron chi connectivity index (χ1n) is 8.74. The summed E-state index contributed by atoms with van der Waals surface area (Å²) < 4.78 is 2.04. The number of imidazole rings is 1. The van der Waals surface area contributed by atoms with Gasteiger partial charge in [0.05, 0.1) is 12.2 Å². The van der Waals surface area contributed by atoms with E-state index in [1.54, 1.807) is 11.3 Å². The van der Waals surface area contributed by atoms with Crippen LogP contribution in [0.15, 0.2) is 53.1 Å². The summed E-state index contributed by atoms with van der Waals surface area (Å²) in [5, 5.41) is 8.85. The summed E-state index contributed by atoms with van der Waals surface area (Å²) in [6.07, 6.45) is 6.19. The molecule has 1 aromatic carbocycles. The lowest BCUT2D eigenvalue weighted by Crippen LogP contribution is -2.42. The van der Waals surface area contributed by atoms with Gasteiger partial charge in [-0.3, -0.25) is 4.40 Å². The van der Waals surface area contributed by atoms with E-state index in [0.29, 0.717) is 12.6 Å². The van der Waals surface area contributed by atoms with Crippen LogP contribution in [0.25, 0.3) is 4.96 Å². The van der Waals surface area contributed by atoms with Crippen LogP contribution in [0.4, 0.5) is 0 Å². The fraction of sp³-hybridized carbons (Fsp3) is 0.368. The molecule has 2 N–H and O–H groups in total. The lowest BCUT2D eigenvalue weighted by molar-refractivity contribution is 0.593. The molecule has 1 atom stereocenters. The molecule has 0 aliphatic rings. The Morgan fingerprint density at radius 1 is 1.31 bits per heavy atom. The van der Waals surface area contributed by atoms with Crippen LogP contribution >= 0.6 is 35.3 Å². The number of benzene rings is 1. The van der Waals surface area contributed by atoms with E-state index in [-0.39, 0.29) is 24.0 Å². The second-order valence-electron chi connectivity index (χ2n) is 6.09. The molecule has 0 saturated heterocycles. The number of fused-ring (bicyclic) bond motifs is 1. The van der Waals surface area contributed by atoms with Crippen molar-refractivity contribution in [3.63, 3.8) is 0 Å². The fourth-order valence-electron chi connectivity index (χ4n) is 2.67. The summed E-state index contributed by atoms with van der Waals surface area (Å²) in [6.45, 7) is 5.70. The van der Waals surface area contributed by atoms with Crippen LogP contribution in [0.5, 0.6) is 0 Å². The highest BCUT2D eigenvalue weighted by Gasteiger charge is 2.07. The molecule has 0 spiro atoms. The number of thiazole rings is 1. The zero-order valence-electron chi connectivity index (χ0n) is 15.2. The number of nitrogens with one attached hydrogen (secondary N) is 2. The topological polar surface area (TPSA) is 53.7 Å². The second-order valence-corrected chi connectivity index (χ2v) is 6.96. The summed E-state index contributed by atoms with van der Waals surface area (Å²) >= 11 is 1.64. The maximum atomic E-state index is 4.68. The first-order valence-corrected chi connectivity index (χ1v) is 9.62. The molecule has 0 radical (unpaired) electrons. The number of nitrogens with zero attached hydrogens (tertiary/aromatic N) is 3. The van der Waals surface area contributed by atoms with E-state index in [2.05, 4.69) is 64.8 Å². The molecule has 0 aliphatic carbocycles. The highest BCUT2D eigenvalue weighted by molar-refractivity contribution is 14.0. The Morgan fingerprint density at radius 2 is 2.12 bits per heavy atom. The normalized spacial score (nSPS) is 12.6. The lowest BCUT2D eigenvalue weighted by Gasteiger charge is -2.17. The average molecular weight is 483 g/mol. The van der Waals surface area contributed by atoms with Gasteiger partial charge in [0.1, 0.15) is 0 Å². The molecule has 3 aromatic rings. The maximum Gasteiger partial charge on any atom is 0.193 e. The monoisotopic (exact) mass is 483 g/mol. The smallest absolute Gasteiger partial charge is 0.193 e. The van der Waals surface area contributed by atoms with Gasteiger partial charge in [-0.15, -0.1) is 35.3 Å². The summed E-state index contributed by atoms with van der Waals surface area (Å²) in [7, 11) is 0. The third-order valence-electron chi connectivity index (χ3n) is 3.98. The van der Waals surface area contributed by atoms with Crippen LogP contribution in [-0.2, 0) is 13.0 Å². The van der Waals surface area contributed by atoms with Crippen molar-refractivity contribution >= 4 is 46.2 Å². The van der Waals surface area contributed by atoms with Crippen molar-refractivity contribution in [3.05, 3.63) is 59.4 Å². The molecule has 0 fully saturated rings. The van der Waals surface area contributed by atoms with Gasteiger partial charge in [-0.05, 0) is 32.3 Å². The molecule has 5 nitrogen and oxygen atoms in total. The van der Waals surface area contributed by atoms with Gasteiger partial charge in [0, 0.05) is 30.4 Å². The van der Waals surface area contributed by atoms with Crippen molar-refractivity contribution in [1.29, 1.82) is 0 Å². The second kappa shape index (κ2) is 10.5. The number of aliphatic imine (C=N–C) groups is 1. The van der Waals surface area contributed by atoms with Crippen molar-refractivity contribution in [3.8, 4) is 0 Å². The summed E-state index contributed by atoms with van der Waals surface area (Å²) in [5.41, 5.74) is 2.36. The third-order valence-corrected chi connectivity index (χ3v) is 4.75. The number of guanidine groups is 1. The molecule has 0 amide bonds. The van der Waals surface area contributed by atoms with Crippen LogP contribution in [0.1, 0.15) is 31.5 Å². The van der Waals surface area contributed by atoms with Gasteiger partial charge in [-0.25, -0.2) is 9.98 Å². The summed E-state index contributed by atoms with van der Waals surface area (Å²) in [5.74, 6) is 0.847. The van der Waals surface area contributed by atoms with Crippen LogP contribution < -0.4 is 10.6 Å². The Kier molecular flexibility index (Phi) is 8.37. The van der Waals surface area contributed by atoms with Crippen LogP contribution in [0.2, 0.25) is 0 Å². The number of rotatable bonds is 7. The average Bonchev–Trinajstić information content (AvgIpc) is 3.20. The third kappa shape index (κ3) is 5.98. The van der Waals surface area contributed by atoms with Gasteiger partial charge in [0.2, 0.25) is 0 Å². The zero-order chi connectivity index (χ0) is 17.5. The van der Waals surface area contributed by atoms with E-state index in [1.165, 1.54) is 5.56 Å². The Hall–Kier alpha value is -1.61. The van der Waals surface area contributed by atoms with Crippen molar-refractivity contribution in [2.45, 2.75) is 39.3 Å². The van der Waals surface area contributed by atoms with E-state index in [4.69, 9.17) is 0 Å². The minimum Gasteiger partial charge on any atom is -0.357 e. The van der Waals surface area contributed by atoms with Gasteiger partial charge in [0.15, 0.2) is 10.9 Å². The molecular formula is C19H26IN5S. The van der Waals surface area contributed by atoms with Crippen molar-refractivity contribution in [2.75, 3.05) is 6.54 Å². The van der Waals surface area contributed by atoms with E-state index >= 15 is 0 Å². The van der Waals surface area contributed by atoms with Crippen molar-refractivity contribution in [1.82, 2.24) is 20.0 Å². The van der Waals surface area contributed by atoms with E-state index in [1.807, 2.05) is 22.2 Å². The van der Waals surface area contributed by atoms with Crippen LogP contribution in [0, 0.1) is 0 Å². The van der Waals surface area contributed by atoms with Crippen LogP contribution in [0.3, 0.4) is 0 Å². The van der Waals surface area contributed by atoms with Crippen LogP contribution in [-0.4, -0.2) is 27.9 Å². The highest BCUT2D eigenvalue weighted by atomic mass is 127. The van der Waals surface area contributed by atoms with Crippen molar-refractivity contribution < 1.29 is 0 Å². The number of hydrogen-bond acceptors (Lipinski definition) is 3. The van der Waals surface area contributed by atoms with E-state index in [0.717, 1.165) is 36.0 Å².